The monoisotopic (exact) mass is 411 g/mol. The van der Waals surface area contributed by atoms with Crippen molar-refractivity contribution >= 4 is 40.8 Å². The molecule has 7 heteroatoms. The van der Waals surface area contributed by atoms with E-state index in [9.17, 15) is 0 Å². The van der Waals surface area contributed by atoms with Crippen molar-refractivity contribution in [2.45, 2.75) is 0 Å². The van der Waals surface area contributed by atoms with E-state index in [0.29, 0.717) is 10.1 Å². The maximum Gasteiger partial charge on any atom is 0.191 e. The fraction of sp³-hybridized carbons (Fsp3) is 0.0476. The maximum absolute atomic E-state index is 5.87. The number of benzene rings is 3. The summed E-state index contributed by atoms with van der Waals surface area (Å²) in [5.74, 6) is 2.23. The molecular weight excluding hydrogens is 394 g/mol. The van der Waals surface area contributed by atoms with Crippen LogP contribution < -0.4 is 20.2 Å². The van der Waals surface area contributed by atoms with Gasteiger partial charge in [-0.05, 0) is 90.6 Å². The van der Waals surface area contributed by atoms with Gasteiger partial charge in [-0.3, -0.25) is 5.43 Å². The molecule has 3 aromatic carbocycles. The summed E-state index contributed by atoms with van der Waals surface area (Å²) in [4.78, 5) is 0. The van der Waals surface area contributed by atoms with Gasteiger partial charge in [0.1, 0.15) is 17.2 Å². The van der Waals surface area contributed by atoms with Gasteiger partial charge in [-0.15, -0.1) is 0 Å². The Morgan fingerprint density at radius 3 is 2.07 bits per heavy atom. The Morgan fingerprint density at radius 1 is 0.893 bits per heavy atom. The Balaban J connectivity index is 1.49. The zero-order valence-corrected chi connectivity index (χ0v) is 16.6. The molecule has 3 aromatic rings. The molecule has 0 radical (unpaired) electrons. The van der Waals surface area contributed by atoms with E-state index < -0.39 is 0 Å². The van der Waals surface area contributed by atoms with Crippen molar-refractivity contribution in [3.05, 3.63) is 83.4 Å². The first-order chi connectivity index (χ1) is 13.6. The number of hydrogen-bond donors (Lipinski definition) is 2. The highest BCUT2D eigenvalue weighted by atomic mass is 35.5. The summed E-state index contributed by atoms with van der Waals surface area (Å²) in [7, 11) is 1.62. The average molecular weight is 412 g/mol. The molecule has 0 spiro atoms. The van der Waals surface area contributed by atoms with Crippen molar-refractivity contribution in [3.63, 3.8) is 0 Å². The third-order valence-electron chi connectivity index (χ3n) is 3.66. The first-order valence-electron chi connectivity index (χ1n) is 8.40. The Hall–Kier alpha value is -3.09. The average Bonchev–Trinajstić information content (AvgIpc) is 2.71. The summed E-state index contributed by atoms with van der Waals surface area (Å²) in [6, 6.07) is 22.2. The summed E-state index contributed by atoms with van der Waals surface area (Å²) in [5.41, 5.74) is 4.53. The number of nitrogens with one attached hydrogen (secondary N) is 2. The molecule has 28 heavy (non-hydrogen) atoms. The molecule has 0 heterocycles. The zero-order chi connectivity index (χ0) is 19.8. The van der Waals surface area contributed by atoms with Crippen LogP contribution in [0.25, 0.3) is 0 Å². The van der Waals surface area contributed by atoms with Crippen LogP contribution in [0.15, 0.2) is 77.9 Å². The molecule has 142 valence electrons. The van der Waals surface area contributed by atoms with E-state index in [2.05, 4.69) is 15.8 Å². The molecule has 0 saturated carbocycles. The minimum Gasteiger partial charge on any atom is -0.497 e. The van der Waals surface area contributed by atoms with Gasteiger partial charge in [0.2, 0.25) is 0 Å². The van der Waals surface area contributed by atoms with Crippen LogP contribution in [-0.4, -0.2) is 18.4 Å². The molecule has 2 N–H and O–H groups in total. The minimum absolute atomic E-state index is 0.393. The molecule has 0 saturated heterocycles. The van der Waals surface area contributed by atoms with E-state index in [1.807, 2.05) is 60.7 Å². The second-order valence-electron chi connectivity index (χ2n) is 5.68. The van der Waals surface area contributed by atoms with E-state index >= 15 is 0 Å². The molecule has 0 atom stereocenters. The van der Waals surface area contributed by atoms with Gasteiger partial charge in [0.25, 0.3) is 0 Å². The lowest BCUT2D eigenvalue weighted by Gasteiger charge is -2.08. The number of halogens is 1. The SMILES string of the molecule is COc1ccc(NC(=S)N/N=C/c2ccc(Oc3ccc(Cl)cc3)cc2)cc1. The fourth-order valence-corrected chi connectivity index (χ4v) is 2.56. The lowest BCUT2D eigenvalue weighted by molar-refractivity contribution is 0.415. The molecule has 0 aromatic heterocycles. The third-order valence-corrected chi connectivity index (χ3v) is 4.10. The van der Waals surface area contributed by atoms with Crippen LogP contribution in [0, 0.1) is 0 Å². The van der Waals surface area contributed by atoms with Crippen LogP contribution in [0.4, 0.5) is 5.69 Å². The molecule has 0 fully saturated rings. The second kappa shape index (κ2) is 9.73. The molecule has 3 rings (SSSR count). The summed E-state index contributed by atoms with van der Waals surface area (Å²) >= 11 is 11.1. The van der Waals surface area contributed by atoms with Crippen molar-refractivity contribution in [2.75, 3.05) is 12.4 Å². The van der Waals surface area contributed by atoms with Gasteiger partial charge in [-0.25, -0.2) is 0 Å². The fourth-order valence-electron chi connectivity index (χ4n) is 2.26. The smallest absolute Gasteiger partial charge is 0.191 e. The summed E-state index contributed by atoms with van der Waals surface area (Å²) in [6.45, 7) is 0. The molecule has 5 nitrogen and oxygen atoms in total. The van der Waals surface area contributed by atoms with Crippen molar-refractivity contribution in [3.8, 4) is 17.2 Å². The van der Waals surface area contributed by atoms with Gasteiger partial charge in [0.05, 0.1) is 13.3 Å². The van der Waals surface area contributed by atoms with Gasteiger partial charge < -0.3 is 14.8 Å². The van der Waals surface area contributed by atoms with Crippen LogP contribution in [-0.2, 0) is 0 Å². The maximum atomic E-state index is 5.87. The highest BCUT2D eigenvalue weighted by Crippen LogP contribution is 2.23. The highest BCUT2D eigenvalue weighted by Gasteiger charge is 1.99. The van der Waals surface area contributed by atoms with Crippen LogP contribution in [0.5, 0.6) is 17.2 Å². The van der Waals surface area contributed by atoms with Crippen molar-refractivity contribution in [1.82, 2.24) is 5.43 Å². The van der Waals surface area contributed by atoms with Gasteiger partial charge >= 0.3 is 0 Å². The van der Waals surface area contributed by atoms with Gasteiger partial charge in [-0.1, -0.05) is 11.6 Å². The minimum atomic E-state index is 0.393. The lowest BCUT2D eigenvalue weighted by atomic mass is 10.2. The van der Waals surface area contributed by atoms with Gasteiger partial charge in [0.15, 0.2) is 5.11 Å². The Kier molecular flexibility index (Phi) is 6.84. The quantitative estimate of drug-likeness (QED) is 0.320. The molecule has 0 unspecified atom stereocenters. The van der Waals surface area contributed by atoms with E-state index in [1.165, 1.54) is 0 Å². The molecule has 0 aliphatic heterocycles. The first-order valence-corrected chi connectivity index (χ1v) is 9.18. The van der Waals surface area contributed by atoms with E-state index in [0.717, 1.165) is 28.5 Å². The number of nitrogens with zero attached hydrogens (tertiary/aromatic N) is 1. The van der Waals surface area contributed by atoms with Crippen molar-refractivity contribution < 1.29 is 9.47 Å². The molecular formula is C21H18ClN3O2S. The molecule has 0 aliphatic rings. The predicted octanol–water partition coefficient (Wildman–Crippen LogP) is 5.46. The van der Waals surface area contributed by atoms with E-state index in [1.54, 1.807) is 25.5 Å². The van der Waals surface area contributed by atoms with Crippen LogP contribution >= 0.6 is 23.8 Å². The third kappa shape index (κ3) is 5.97. The second-order valence-corrected chi connectivity index (χ2v) is 6.52. The van der Waals surface area contributed by atoms with Gasteiger partial charge in [0, 0.05) is 10.7 Å². The van der Waals surface area contributed by atoms with Gasteiger partial charge in [-0.2, -0.15) is 5.10 Å². The van der Waals surface area contributed by atoms with Crippen LogP contribution in [0.2, 0.25) is 5.02 Å². The van der Waals surface area contributed by atoms with Crippen LogP contribution in [0.1, 0.15) is 5.56 Å². The molecule has 0 aliphatic carbocycles. The standard InChI is InChI=1S/C21H18ClN3O2S/c1-26-18-12-6-17(7-13-18)24-21(28)25-23-14-15-2-8-19(9-3-15)27-20-10-4-16(22)5-11-20/h2-14H,1H3,(H2,24,25,28)/b23-14+. The number of methoxy groups -OCH3 is 1. The zero-order valence-electron chi connectivity index (χ0n) is 15.1. The number of ether oxygens (including phenoxy) is 2. The highest BCUT2D eigenvalue weighted by molar-refractivity contribution is 7.80. The first kappa shape index (κ1) is 19.7. The number of thiocarbonyl (C=S) groups is 1. The Labute approximate surface area is 173 Å². The summed E-state index contributed by atoms with van der Waals surface area (Å²) in [5, 5.41) is 8.24. The summed E-state index contributed by atoms with van der Waals surface area (Å²) < 4.78 is 10.9. The Morgan fingerprint density at radius 2 is 1.46 bits per heavy atom. The lowest BCUT2D eigenvalue weighted by Crippen LogP contribution is -2.23. The molecule has 0 bridgehead atoms. The largest absolute Gasteiger partial charge is 0.497 e. The van der Waals surface area contributed by atoms with E-state index in [4.69, 9.17) is 33.3 Å². The van der Waals surface area contributed by atoms with E-state index in [-0.39, 0.29) is 0 Å². The van der Waals surface area contributed by atoms with Crippen molar-refractivity contribution in [1.29, 1.82) is 0 Å². The molecule has 0 amide bonds. The topological polar surface area (TPSA) is 54.9 Å². The van der Waals surface area contributed by atoms with Crippen LogP contribution in [0.3, 0.4) is 0 Å². The predicted molar refractivity (Wildman–Crippen MR) is 118 cm³/mol. The summed E-state index contributed by atoms with van der Waals surface area (Å²) in [6.07, 6.45) is 1.67. The number of hydrazone groups is 1. The number of rotatable bonds is 6. The Bertz CT molecular complexity index is 943. The number of anilines is 1. The number of hydrogen-bond acceptors (Lipinski definition) is 4. The normalized spacial score (nSPS) is 10.5. The van der Waals surface area contributed by atoms with Crippen molar-refractivity contribution in [2.24, 2.45) is 5.10 Å².